The van der Waals surface area contributed by atoms with Crippen LogP contribution in [0.3, 0.4) is 0 Å². The highest BCUT2D eigenvalue weighted by Crippen LogP contribution is 2.19. The van der Waals surface area contributed by atoms with Crippen LogP contribution >= 0.6 is 0 Å². The number of methoxy groups -OCH3 is 1. The van der Waals surface area contributed by atoms with Crippen molar-refractivity contribution in [2.45, 2.75) is 6.61 Å². The Hall–Kier alpha value is -2.07. The van der Waals surface area contributed by atoms with Gasteiger partial charge in [-0.2, -0.15) is 0 Å². The van der Waals surface area contributed by atoms with Crippen LogP contribution in [0.1, 0.15) is 5.56 Å². The molecule has 0 fully saturated rings. The first kappa shape index (κ1) is 12.4. The molecule has 1 aromatic heterocycles. The molecule has 2 aliphatic rings. The second-order valence-corrected chi connectivity index (χ2v) is 3.67. The van der Waals surface area contributed by atoms with E-state index in [4.69, 9.17) is 14.2 Å². The zero-order valence-corrected chi connectivity index (χ0v) is 10.2. The SMILES string of the molecule is COCOc1cccnc1.c1cc2ccc1CO2. The lowest BCUT2D eigenvalue weighted by molar-refractivity contribution is 0.0508. The fourth-order valence-corrected chi connectivity index (χ4v) is 1.41. The Morgan fingerprint density at radius 3 is 2.44 bits per heavy atom. The first-order valence-electron chi connectivity index (χ1n) is 5.62. The minimum atomic E-state index is 0.270. The van der Waals surface area contributed by atoms with Crippen LogP contribution in [0.25, 0.3) is 0 Å². The fourth-order valence-electron chi connectivity index (χ4n) is 1.41. The van der Waals surface area contributed by atoms with Gasteiger partial charge in [0.05, 0.1) is 6.20 Å². The number of ether oxygens (including phenoxy) is 3. The Kier molecular flexibility index (Phi) is 4.55. The lowest BCUT2D eigenvalue weighted by Gasteiger charge is -2.11. The number of rotatable bonds is 3. The Labute approximate surface area is 106 Å². The van der Waals surface area contributed by atoms with E-state index in [0.29, 0.717) is 0 Å². The maximum atomic E-state index is 5.18. The molecule has 4 heteroatoms. The minimum absolute atomic E-state index is 0.270. The first-order chi connectivity index (χ1) is 8.88. The van der Waals surface area contributed by atoms with Gasteiger partial charge in [0.25, 0.3) is 0 Å². The number of hydrogen-bond acceptors (Lipinski definition) is 4. The average Bonchev–Trinajstić information content (AvgIpc) is 2.49. The number of aromatic nitrogens is 1. The summed E-state index contributed by atoms with van der Waals surface area (Å²) in [5.41, 5.74) is 1.26. The molecule has 0 unspecified atom stereocenters. The van der Waals surface area contributed by atoms with Crippen molar-refractivity contribution in [3.8, 4) is 11.5 Å². The van der Waals surface area contributed by atoms with Crippen LogP contribution in [0, 0.1) is 0 Å². The topological polar surface area (TPSA) is 40.6 Å². The van der Waals surface area contributed by atoms with Gasteiger partial charge in [-0.15, -0.1) is 0 Å². The normalized spacial score (nSPS) is 11.2. The number of hydrogen-bond donors (Lipinski definition) is 0. The largest absolute Gasteiger partial charge is 0.489 e. The van der Waals surface area contributed by atoms with E-state index in [1.165, 1.54) is 5.56 Å². The van der Waals surface area contributed by atoms with Gasteiger partial charge in [0.1, 0.15) is 18.1 Å². The van der Waals surface area contributed by atoms with Gasteiger partial charge in [-0.25, -0.2) is 0 Å². The zero-order valence-electron chi connectivity index (χ0n) is 10.2. The molecule has 18 heavy (non-hydrogen) atoms. The molecule has 94 valence electrons. The Morgan fingerprint density at radius 1 is 1.22 bits per heavy atom. The van der Waals surface area contributed by atoms with Gasteiger partial charge in [0, 0.05) is 13.3 Å². The molecule has 1 aromatic carbocycles. The molecule has 0 spiro atoms. The predicted molar refractivity (Wildman–Crippen MR) is 67.5 cm³/mol. The summed E-state index contributed by atoms with van der Waals surface area (Å²) in [6.07, 6.45) is 3.33. The third-order valence-electron chi connectivity index (χ3n) is 2.31. The van der Waals surface area contributed by atoms with Gasteiger partial charge in [-0.3, -0.25) is 4.98 Å². The second-order valence-electron chi connectivity index (χ2n) is 3.67. The van der Waals surface area contributed by atoms with Crippen molar-refractivity contribution < 1.29 is 14.2 Å². The maximum Gasteiger partial charge on any atom is 0.188 e. The molecule has 0 atom stereocenters. The summed E-state index contributed by atoms with van der Waals surface area (Å²) in [5.74, 6) is 1.71. The first-order valence-corrected chi connectivity index (χ1v) is 5.62. The van der Waals surface area contributed by atoms with E-state index < -0.39 is 0 Å². The summed E-state index contributed by atoms with van der Waals surface area (Å²) in [4.78, 5) is 3.86. The van der Waals surface area contributed by atoms with Crippen molar-refractivity contribution in [1.82, 2.24) is 4.98 Å². The van der Waals surface area contributed by atoms with Gasteiger partial charge in [0.2, 0.25) is 0 Å². The summed E-state index contributed by atoms with van der Waals surface area (Å²) in [7, 11) is 1.58. The van der Waals surface area contributed by atoms with E-state index in [0.717, 1.165) is 18.1 Å². The van der Waals surface area contributed by atoms with Crippen LogP contribution in [0.4, 0.5) is 0 Å². The molecule has 0 saturated carbocycles. The quantitative estimate of drug-likeness (QED) is 0.779. The lowest BCUT2D eigenvalue weighted by atomic mass is 10.2. The molecule has 2 bridgehead atoms. The molecule has 0 amide bonds. The van der Waals surface area contributed by atoms with E-state index in [-0.39, 0.29) is 6.79 Å². The van der Waals surface area contributed by atoms with Crippen molar-refractivity contribution in [1.29, 1.82) is 0 Å². The Morgan fingerprint density at radius 2 is 2.06 bits per heavy atom. The molecular formula is C14H15NO3. The van der Waals surface area contributed by atoms with Crippen LogP contribution in [0.2, 0.25) is 0 Å². The van der Waals surface area contributed by atoms with Crippen molar-refractivity contribution in [3.05, 3.63) is 54.4 Å². The third-order valence-corrected chi connectivity index (χ3v) is 2.31. The van der Waals surface area contributed by atoms with Crippen molar-refractivity contribution >= 4 is 0 Å². The number of nitrogens with zero attached hydrogens (tertiary/aromatic N) is 1. The predicted octanol–water partition coefficient (Wildman–Crippen LogP) is 2.64. The van der Waals surface area contributed by atoms with Crippen molar-refractivity contribution in [2.24, 2.45) is 0 Å². The molecular weight excluding hydrogens is 230 g/mol. The van der Waals surface area contributed by atoms with E-state index in [2.05, 4.69) is 17.1 Å². The Balaban J connectivity index is 0.000000136. The van der Waals surface area contributed by atoms with Gasteiger partial charge in [-0.05, 0) is 29.8 Å². The molecule has 0 N–H and O–H groups in total. The molecule has 4 nitrogen and oxygen atoms in total. The lowest BCUT2D eigenvalue weighted by Crippen LogP contribution is -2.00. The third kappa shape index (κ3) is 3.75. The second kappa shape index (κ2) is 6.61. The van der Waals surface area contributed by atoms with Gasteiger partial charge < -0.3 is 14.2 Å². The molecule has 0 radical (unpaired) electrons. The average molecular weight is 245 g/mol. The van der Waals surface area contributed by atoms with Gasteiger partial charge in [0.15, 0.2) is 6.79 Å². The summed E-state index contributed by atoms with van der Waals surface area (Å²) in [6.45, 7) is 1.04. The summed E-state index contributed by atoms with van der Waals surface area (Å²) in [5, 5.41) is 0. The fraction of sp³-hybridized carbons (Fsp3) is 0.214. The summed E-state index contributed by atoms with van der Waals surface area (Å²) in [6, 6.07) is 11.8. The molecule has 4 rings (SSSR count). The summed E-state index contributed by atoms with van der Waals surface area (Å²) >= 11 is 0. The monoisotopic (exact) mass is 245 g/mol. The molecule has 2 aromatic rings. The standard InChI is InChI=1S/C7H9NO2.C7H6O/c1-9-6-10-7-3-2-4-8-5-7;1-3-7-4-2-6(1)5-8-7/h2-5H,6H2,1H3;1-4H,5H2. The summed E-state index contributed by atoms with van der Waals surface area (Å²) < 4.78 is 14.9. The number of pyridine rings is 1. The maximum absolute atomic E-state index is 5.18. The van der Waals surface area contributed by atoms with Gasteiger partial charge >= 0.3 is 0 Å². The molecule has 3 heterocycles. The molecule has 2 aliphatic heterocycles. The minimum Gasteiger partial charge on any atom is -0.489 e. The van der Waals surface area contributed by atoms with Crippen LogP contribution in [-0.2, 0) is 11.3 Å². The number of fused-ring (bicyclic) bond motifs is 3. The van der Waals surface area contributed by atoms with E-state index in [9.17, 15) is 0 Å². The van der Waals surface area contributed by atoms with E-state index in [1.54, 1.807) is 19.5 Å². The Bertz CT molecular complexity index is 433. The number of benzene rings is 1. The van der Waals surface area contributed by atoms with Crippen molar-refractivity contribution in [2.75, 3.05) is 13.9 Å². The van der Waals surface area contributed by atoms with Crippen LogP contribution < -0.4 is 9.47 Å². The van der Waals surface area contributed by atoms with E-state index >= 15 is 0 Å². The molecule has 0 saturated heterocycles. The van der Waals surface area contributed by atoms with Crippen LogP contribution in [0.15, 0.2) is 48.8 Å². The highest BCUT2D eigenvalue weighted by molar-refractivity contribution is 5.30. The van der Waals surface area contributed by atoms with Crippen LogP contribution in [-0.4, -0.2) is 18.9 Å². The highest BCUT2D eigenvalue weighted by Gasteiger charge is 2.01. The van der Waals surface area contributed by atoms with E-state index in [1.807, 2.05) is 24.3 Å². The van der Waals surface area contributed by atoms with Crippen LogP contribution in [0.5, 0.6) is 11.5 Å². The smallest absolute Gasteiger partial charge is 0.188 e. The zero-order chi connectivity index (χ0) is 12.6. The van der Waals surface area contributed by atoms with Gasteiger partial charge in [-0.1, -0.05) is 12.1 Å². The molecule has 0 aliphatic carbocycles. The van der Waals surface area contributed by atoms with Crippen molar-refractivity contribution in [3.63, 3.8) is 0 Å². The highest BCUT2D eigenvalue weighted by atomic mass is 16.7.